The first-order valence-electron chi connectivity index (χ1n) is 6.26. The molecule has 4 nitrogen and oxygen atoms in total. The van der Waals surface area contributed by atoms with Gasteiger partial charge < -0.3 is 4.42 Å². The third-order valence-corrected chi connectivity index (χ3v) is 4.34. The summed E-state index contributed by atoms with van der Waals surface area (Å²) >= 11 is 7.63. The maximum absolute atomic E-state index is 11.7. The van der Waals surface area contributed by atoms with Gasteiger partial charge in [0, 0.05) is 34.6 Å². The molecule has 2 aromatic heterocycles. The minimum absolute atomic E-state index is 0.367. The van der Waals surface area contributed by atoms with Crippen molar-refractivity contribution >= 4 is 34.3 Å². The van der Waals surface area contributed by atoms with E-state index < -0.39 is 0 Å². The number of hydrogen-bond donors (Lipinski definition) is 0. The first-order chi connectivity index (χ1) is 10.1. The second-order valence-electron chi connectivity index (χ2n) is 4.51. The van der Waals surface area contributed by atoms with E-state index in [0.29, 0.717) is 21.5 Å². The minimum Gasteiger partial charge on any atom is -0.423 e. The summed E-state index contributed by atoms with van der Waals surface area (Å²) in [5, 5.41) is 2.16. The lowest BCUT2D eigenvalue weighted by molar-refractivity contribution is 0.559. The molecule has 0 aliphatic heterocycles. The van der Waals surface area contributed by atoms with E-state index in [9.17, 15) is 4.79 Å². The molecular weight excluding hydrogens is 308 g/mol. The normalized spacial score (nSPS) is 11.0. The summed E-state index contributed by atoms with van der Waals surface area (Å²) in [6.07, 6.45) is 3.38. The van der Waals surface area contributed by atoms with Crippen molar-refractivity contribution in [3.63, 3.8) is 0 Å². The molecule has 0 fully saturated rings. The zero-order chi connectivity index (χ0) is 14.8. The molecule has 0 spiro atoms. The number of halogens is 1. The molecule has 0 atom stereocenters. The first-order valence-corrected chi connectivity index (χ1v) is 7.62. The highest BCUT2D eigenvalue weighted by molar-refractivity contribution is 7.98. The maximum atomic E-state index is 11.7. The largest absolute Gasteiger partial charge is 0.423 e. The van der Waals surface area contributed by atoms with Crippen LogP contribution in [0, 0.1) is 6.92 Å². The Morgan fingerprint density at radius 3 is 2.76 bits per heavy atom. The monoisotopic (exact) mass is 318 g/mol. The Balaban J connectivity index is 2.01. The van der Waals surface area contributed by atoms with Crippen molar-refractivity contribution in [3.05, 3.63) is 63.2 Å². The average molecular weight is 319 g/mol. The summed E-state index contributed by atoms with van der Waals surface area (Å²) in [7, 11) is 0. The molecule has 1 aromatic carbocycles. The van der Waals surface area contributed by atoms with Crippen LogP contribution in [-0.4, -0.2) is 9.97 Å². The number of aromatic nitrogens is 2. The fourth-order valence-electron chi connectivity index (χ4n) is 1.97. The van der Waals surface area contributed by atoms with Crippen LogP contribution in [0.3, 0.4) is 0 Å². The van der Waals surface area contributed by atoms with Crippen LogP contribution in [0.4, 0.5) is 0 Å². The molecule has 21 heavy (non-hydrogen) atoms. The van der Waals surface area contributed by atoms with Gasteiger partial charge in [-0.15, -0.1) is 0 Å². The van der Waals surface area contributed by atoms with Gasteiger partial charge in [-0.25, -0.2) is 14.8 Å². The van der Waals surface area contributed by atoms with Gasteiger partial charge in [0.1, 0.15) is 5.58 Å². The van der Waals surface area contributed by atoms with Crippen molar-refractivity contribution in [2.45, 2.75) is 17.8 Å². The van der Waals surface area contributed by atoms with Crippen LogP contribution >= 0.6 is 23.4 Å². The van der Waals surface area contributed by atoms with E-state index in [0.717, 1.165) is 16.5 Å². The van der Waals surface area contributed by atoms with Gasteiger partial charge in [-0.2, -0.15) is 0 Å². The molecule has 0 radical (unpaired) electrons. The molecule has 0 bridgehead atoms. The molecular formula is C15H11ClN2O2S. The topological polar surface area (TPSA) is 56.0 Å². The highest BCUT2D eigenvalue weighted by Gasteiger charge is 2.09. The molecule has 0 saturated heterocycles. The number of thioether (sulfide) groups is 1. The van der Waals surface area contributed by atoms with Gasteiger partial charge >= 0.3 is 5.63 Å². The lowest BCUT2D eigenvalue weighted by Crippen LogP contribution is -2.00. The number of benzene rings is 1. The van der Waals surface area contributed by atoms with Gasteiger partial charge in [0.05, 0.1) is 0 Å². The van der Waals surface area contributed by atoms with Crippen molar-refractivity contribution in [1.82, 2.24) is 9.97 Å². The van der Waals surface area contributed by atoms with Gasteiger partial charge in [0.2, 0.25) is 0 Å². The number of rotatable bonds is 3. The second-order valence-corrected chi connectivity index (χ2v) is 5.86. The second kappa shape index (κ2) is 5.87. The number of nitrogens with zero attached hydrogens (tertiary/aromatic N) is 2. The molecule has 106 valence electrons. The van der Waals surface area contributed by atoms with Crippen LogP contribution < -0.4 is 5.63 Å². The van der Waals surface area contributed by atoms with E-state index in [-0.39, 0.29) is 5.63 Å². The Kier molecular flexibility index (Phi) is 3.94. The maximum Gasteiger partial charge on any atom is 0.336 e. The van der Waals surface area contributed by atoms with Crippen molar-refractivity contribution in [2.75, 3.05) is 0 Å². The Morgan fingerprint density at radius 1 is 1.24 bits per heavy atom. The van der Waals surface area contributed by atoms with Crippen LogP contribution in [0.1, 0.15) is 11.1 Å². The predicted octanol–water partition coefficient (Wildman–Crippen LogP) is 3.84. The SMILES string of the molecule is Cc1cc2oc(=O)cc(CSc3ncccn3)c2cc1Cl. The zero-order valence-electron chi connectivity index (χ0n) is 11.2. The summed E-state index contributed by atoms with van der Waals surface area (Å²) in [5.74, 6) is 0.575. The third-order valence-electron chi connectivity index (χ3n) is 3.01. The summed E-state index contributed by atoms with van der Waals surface area (Å²) in [6.45, 7) is 1.88. The molecule has 0 saturated carbocycles. The van der Waals surface area contributed by atoms with Crippen LogP contribution in [-0.2, 0) is 5.75 Å². The van der Waals surface area contributed by atoms with E-state index >= 15 is 0 Å². The lowest BCUT2D eigenvalue weighted by Gasteiger charge is -2.06. The number of hydrogen-bond acceptors (Lipinski definition) is 5. The molecule has 0 aliphatic carbocycles. The van der Waals surface area contributed by atoms with Gasteiger partial charge in [-0.1, -0.05) is 23.4 Å². The fourth-order valence-corrected chi connectivity index (χ4v) is 2.93. The fraction of sp³-hybridized carbons (Fsp3) is 0.133. The van der Waals surface area contributed by atoms with E-state index in [1.807, 2.05) is 13.0 Å². The Labute approximate surface area is 130 Å². The van der Waals surface area contributed by atoms with E-state index in [2.05, 4.69) is 9.97 Å². The van der Waals surface area contributed by atoms with Crippen molar-refractivity contribution < 1.29 is 4.42 Å². The summed E-state index contributed by atoms with van der Waals surface area (Å²) in [5.41, 5.74) is 1.92. The van der Waals surface area contributed by atoms with Gasteiger partial charge in [0.15, 0.2) is 5.16 Å². The molecule has 0 N–H and O–H groups in total. The van der Waals surface area contributed by atoms with Crippen LogP contribution in [0.25, 0.3) is 11.0 Å². The highest BCUT2D eigenvalue weighted by atomic mass is 35.5. The smallest absolute Gasteiger partial charge is 0.336 e. The summed E-state index contributed by atoms with van der Waals surface area (Å²) < 4.78 is 5.24. The van der Waals surface area contributed by atoms with E-state index in [1.54, 1.807) is 24.5 Å². The molecule has 0 aliphatic rings. The van der Waals surface area contributed by atoms with Crippen molar-refractivity contribution in [3.8, 4) is 0 Å². The van der Waals surface area contributed by atoms with Gasteiger partial charge in [-0.05, 0) is 36.2 Å². The zero-order valence-corrected chi connectivity index (χ0v) is 12.7. The van der Waals surface area contributed by atoms with E-state index in [4.69, 9.17) is 16.0 Å². The molecule has 3 rings (SSSR count). The minimum atomic E-state index is -0.367. The van der Waals surface area contributed by atoms with Crippen molar-refractivity contribution in [2.24, 2.45) is 0 Å². The quantitative estimate of drug-likeness (QED) is 0.417. The first kappa shape index (κ1) is 14.1. The molecule has 3 aromatic rings. The predicted molar refractivity (Wildman–Crippen MR) is 83.8 cm³/mol. The van der Waals surface area contributed by atoms with Crippen LogP contribution in [0.2, 0.25) is 5.02 Å². The summed E-state index contributed by atoms with van der Waals surface area (Å²) in [6, 6.07) is 6.87. The van der Waals surface area contributed by atoms with Gasteiger partial charge in [0.25, 0.3) is 0 Å². The number of fused-ring (bicyclic) bond motifs is 1. The van der Waals surface area contributed by atoms with Gasteiger partial charge in [-0.3, -0.25) is 0 Å². The Morgan fingerprint density at radius 2 is 2.00 bits per heavy atom. The van der Waals surface area contributed by atoms with Crippen LogP contribution in [0.5, 0.6) is 0 Å². The molecule has 0 amide bonds. The Hall–Kier alpha value is -1.85. The molecule has 0 unspecified atom stereocenters. The standard InChI is InChI=1S/C15H11ClN2O2S/c1-9-5-13-11(7-12(9)16)10(6-14(19)20-13)8-21-15-17-3-2-4-18-15/h2-7H,8H2,1H3. The summed E-state index contributed by atoms with van der Waals surface area (Å²) in [4.78, 5) is 20.0. The molecule has 2 heterocycles. The van der Waals surface area contributed by atoms with Crippen molar-refractivity contribution in [1.29, 1.82) is 0 Å². The highest BCUT2D eigenvalue weighted by Crippen LogP contribution is 2.28. The Bertz CT molecular complexity index is 849. The number of aryl methyl sites for hydroxylation is 1. The third kappa shape index (κ3) is 3.09. The van der Waals surface area contributed by atoms with Crippen LogP contribution in [0.15, 0.2) is 51.0 Å². The molecule has 6 heteroatoms. The van der Waals surface area contributed by atoms with E-state index in [1.165, 1.54) is 17.8 Å². The average Bonchev–Trinajstić information content (AvgIpc) is 2.48. The lowest BCUT2D eigenvalue weighted by atomic mass is 10.1.